The molecule has 0 saturated heterocycles. The largest absolute Gasteiger partial charge is 0.497 e. The van der Waals surface area contributed by atoms with Crippen LogP contribution in [0.5, 0.6) is 5.75 Å². The van der Waals surface area contributed by atoms with Gasteiger partial charge in [0.25, 0.3) is 0 Å². The van der Waals surface area contributed by atoms with E-state index in [4.69, 9.17) is 9.26 Å². The van der Waals surface area contributed by atoms with Gasteiger partial charge in [-0.25, -0.2) is 0 Å². The van der Waals surface area contributed by atoms with Crippen LogP contribution in [0.25, 0.3) is 0 Å². The van der Waals surface area contributed by atoms with Gasteiger partial charge < -0.3 is 14.6 Å². The summed E-state index contributed by atoms with van der Waals surface area (Å²) in [6.45, 7) is 6.13. The maximum absolute atomic E-state index is 12.1. The number of aromatic nitrogens is 1. The van der Waals surface area contributed by atoms with Crippen molar-refractivity contribution in [2.24, 2.45) is 0 Å². The van der Waals surface area contributed by atoms with E-state index in [1.165, 1.54) is 0 Å². The molecule has 2 amide bonds. The second-order valence-corrected chi connectivity index (χ2v) is 7.32. The van der Waals surface area contributed by atoms with Crippen molar-refractivity contribution in [1.29, 1.82) is 0 Å². The first kappa shape index (κ1) is 20.4. The van der Waals surface area contributed by atoms with Crippen LogP contribution < -0.4 is 15.4 Å². The van der Waals surface area contributed by atoms with Crippen molar-refractivity contribution in [1.82, 2.24) is 10.1 Å². The van der Waals surface area contributed by atoms with Gasteiger partial charge in [-0.05, 0) is 31.3 Å². The quantitative estimate of drug-likeness (QED) is 0.773. The normalized spacial score (nSPS) is 11.3. The third-order valence-electron chi connectivity index (χ3n) is 3.74. The maximum atomic E-state index is 12.1. The highest BCUT2D eigenvalue weighted by Gasteiger charge is 2.20. The van der Waals surface area contributed by atoms with E-state index in [-0.39, 0.29) is 30.3 Å². The molecule has 2 N–H and O–H groups in total. The predicted octanol–water partition coefficient (Wildman–Crippen LogP) is 2.49. The van der Waals surface area contributed by atoms with Gasteiger partial charge in [0.1, 0.15) is 5.75 Å². The Labute approximate surface area is 158 Å². The number of nitrogens with zero attached hydrogens (tertiary/aromatic N) is 2. The summed E-state index contributed by atoms with van der Waals surface area (Å²) in [4.78, 5) is 25.8. The summed E-state index contributed by atoms with van der Waals surface area (Å²) in [5, 5.41) is 9.37. The SMILES string of the molecule is COc1ccc(NC(=O)CN(C)CC(=O)Nc2cc(C(C)(C)C)no2)cc1. The first-order chi connectivity index (χ1) is 12.7. The fourth-order valence-corrected chi connectivity index (χ4v) is 2.29. The number of carbonyl (C=O) groups is 2. The second-order valence-electron chi connectivity index (χ2n) is 7.32. The third kappa shape index (κ3) is 6.41. The molecule has 2 rings (SSSR count). The molecule has 0 radical (unpaired) electrons. The van der Waals surface area contributed by atoms with Gasteiger partial charge >= 0.3 is 0 Å². The van der Waals surface area contributed by atoms with Gasteiger partial charge in [-0.3, -0.25) is 19.8 Å². The van der Waals surface area contributed by atoms with E-state index in [0.29, 0.717) is 17.3 Å². The molecule has 0 aliphatic heterocycles. The summed E-state index contributed by atoms with van der Waals surface area (Å²) in [7, 11) is 3.27. The highest BCUT2D eigenvalue weighted by atomic mass is 16.5. The number of hydrogen-bond acceptors (Lipinski definition) is 6. The number of nitrogens with one attached hydrogen (secondary N) is 2. The Bertz CT molecular complexity index is 778. The van der Waals surface area contributed by atoms with E-state index in [0.717, 1.165) is 5.69 Å². The number of likely N-dealkylation sites (N-methyl/N-ethyl adjacent to an activating group) is 1. The zero-order chi connectivity index (χ0) is 20.0. The molecule has 0 atom stereocenters. The number of carbonyl (C=O) groups excluding carboxylic acids is 2. The Kier molecular flexibility index (Phi) is 6.57. The van der Waals surface area contributed by atoms with E-state index in [2.05, 4.69) is 15.8 Å². The standard InChI is InChI=1S/C19H26N4O4/c1-19(2,3)15-10-18(27-22-15)21-17(25)12-23(4)11-16(24)20-13-6-8-14(26-5)9-7-13/h6-10H,11-12H2,1-5H3,(H,20,24)(H,21,25). The van der Waals surface area contributed by atoms with Crippen molar-refractivity contribution in [2.45, 2.75) is 26.2 Å². The van der Waals surface area contributed by atoms with Crippen molar-refractivity contribution in [2.75, 3.05) is 37.9 Å². The van der Waals surface area contributed by atoms with Gasteiger partial charge in [-0.2, -0.15) is 0 Å². The van der Waals surface area contributed by atoms with Crippen molar-refractivity contribution in [3.8, 4) is 5.75 Å². The summed E-state index contributed by atoms with van der Waals surface area (Å²) in [6, 6.07) is 8.72. The molecule has 1 heterocycles. The third-order valence-corrected chi connectivity index (χ3v) is 3.74. The molecule has 146 valence electrons. The molecule has 1 aromatic heterocycles. The van der Waals surface area contributed by atoms with Gasteiger partial charge in [-0.15, -0.1) is 0 Å². The lowest BCUT2D eigenvalue weighted by molar-refractivity contribution is -0.119. The molecule has 0 aliphatic rings. The number of benzene rings is 1. The average Bonchev–Trinajstić information content (AvgIpc) is 3.03. The van der Waals surface area contributed by atoms with Crippen LogP contribution in [0.4, 0.5) is 11.6 Å². The molecule has 0 bridgehead atoms. The first-order valence-electron chi connectivity index (χ1n) is 8.57. The number of methoxy groups -OCH3 is 1. The number of hydrogen-bond donors (Lipinski definition) is 2. The molecule has 0 unspecified atom stereocenters. The van der Waals surface area contributed by atoms with Crippen LogP contribution in [0.1, 0.15) is 26.5 Å². The van der Waals surface area contributed by atoms with Crippen molar-refractivity contribution in [3.63, 3.8) is 0 Å². The molecule has 8 nitrogen and oxygen atoms in total. The van der Waals surface area contributed by atoms with E-state index < -0.39 is 0 Å². The van der Waals surface area contributed by atoms with Crippen LogP contribution >= 0.6 is 0 Å². The van der Waals surface area contributed by atoms with Crippen molar-refractivity contribution < 1.29 is 18.8 Å². The van der Waals surface area contributed by atoms with Crippen LogP contribution in [-0.2, 0) is 15.0 Å². The number of ether oxygens (including phenoxy) is 1. The summed E-state index contributed by atoms with van der Waals surface area (Å²) in [5.74, 6) is 0.501. The fraction of sp³-hybridized carbons (Fsp3) is 0.421. The van der Waals surface area contributed by atoms with E-state index in [9.17, 15) is 9.59 Å². The monoisotopic (exact) mass is 374 g/mol. The maximum Gasteiger partial charge on any atom is 0.240 e. The fourth-order valence-electron chi connectivity index (χ4n) is 2.29. The lowest BCUT2D eigenvalue weighted by Gasteiger charge is -2.15. The Morgan fingerprint density at radius 3 is 2.22 bits per heavy atom. The number of amides is 2. The highest BCUT2D eigenvalue weighted by Crippen LogP contribution is 2.23. The van der Waals surface area contributed by atoms with Gasteiger partial charge in [0.2, 0.25) is 17.7 Å². The van der Waals surface area contributed by atoms with E-state index >= 15 is 0 Å². The summed E-state index contributed by atoms with van der Waals surface area (Å²) in [6.07, 6.45) is 0. The van der Waals surface area contributed by atoms with Gasteiger partial charge in [-0.1, -0.05) is 25.9 Å². The Morgan fingerprint density at radius 2 is 1.70 bits per heavy atom. The summed E-state index contributed by atoms with van der Waals surface area (Å²) < 4.78 is 10.2. The molecule has 1 aromatic carbocycles. The molecule has 0 fully saturated rings. The Balaban J connectivity index is 1.79. The van der Waals surface area contributed by atoms with Crippen LogP contribution in [0.3, 0.4) is 0 Å². The van der Waals surface area contributed by atoms with Crippen molar-refractivity contribution in [3.05, 3.63) is 36.0 Å². The zero-order valence-corrected chi connectivity index (χ0v) is 16.3. The molecule has 0 aliphatic carbocycles. The molecule has 0 spiro atoms. The van der Waals surface area contributed by atoms with E-state index in [1.807, 2.05) is 20.8 Å². The number of rotatable bonds is 7. The molecular weight excluding hydrogens is 348 g/mol. The summed E-state index contributed by atoms with van der Waals surface area (Å²) in [5.41, 5.74) is 1.25. The van der Waals surface area contributed by atoms with E-state index in [1.54, 1.807) is 49.4 Å². The first-order valence-corrected chi connectivity index (χ1v) is 8.57. The lowest BCUT2D eigenvalue weighted by atomic mass is 9.92. The average molecular weight is 374 g/mol. The van der Waals surface area contributed by atoms with Gasteiger partial charge in [0.15, 0.2) is 0 Å². The minimum atomic E-state index is -0.286. The predicted molar refractivity (Wildman–Crippen MR) is 103 cm³/mol. The minimum absolute atomic E-state index is 0.0432. The molecule has 0 saturated carbocycles. The number of anilines is 2. The summed E-state index contributed by atoms with van der Waals surface area (Å²) >= 11 is 0. The molecule has 8 heteroatoms. The van der Waals surface area contributed by atoms with Gasteiger partial charge in [0, 0.05) is 17.2 Å². The smallest absolute Gasteiger partial charge is 0.240 e. The molecular formula is C19H26N4O4. The van der Waals surface area contributed by atoms with Crippen LogP contribution in [0, 0.1) is 0 Å². The topological polar surface area (TPSA) is 96.7 Å². The van der Waals surface area contributed by atoms with Gasteiger partial charge in [0.05, 0.1) is 25.9 Å². The van der Waals surface area contributed by atoms with Crippen molar-refractivity contribution >= 4 is 23.4 Å². The minimum Gasteiger partial charge on any atom is -0.497 e. The van der Waals surface area contributed by atoms with Crippen LogP contribution in [-0.4, -0.2) is 49.1 Å². The van der Waals surface area contributed by atoms with Crippen LogP contribution in [0.2, 0.25) is 0 Å². The lowest BCUT2D eigenvalue weighted by Crippen LogP contribution is -2.36. The Morgan fingerprint density at radius 1 is 1.11 bits per heavy atom. The zero-order valence-electron chi connectivity index (χ0n) is 16.3. The second kappa shape index (κ2) is 8.68. The molecule has 27 heavy (non-hydrogen) atoms. The Hall–Kier alpha value is -2.87. The highest BCUT2D eigenvalue weighted by molar-refractivity contribution is 5.94. The van der Waals surface area contributed by atoms with Crippen LogP contribution in [0.15, 0.2) is 34.9 Å². The molecule has 2 aromatic rings.